The quantitative estimate of drug-likeness (QED) is 0.243. The molecule has 1 saturated heterocycles. The molecule has 4 aromatic rings. The third-order valence-corrected chi connectivity index (χ3v) is 11.4. The standard InChI is InChI=1S/C35H36N6O6S2/c1-21-32(25-16-26-18-41(22(2)24-12-13-24)33(43)31(26)27(17-25)49(3,45)46)48-34(36-21)38-28-10-7-11-29(37-28)40-15-14-39(19-30(40)42)35(44)47-20-23-8-5-4-6-9-23/h4-11,16-17,22,24H,12-15,18-20H2,1-3H3,(H,36,37,38). The highest BCUT2D eigenvalue weighted by molar-refractivity contribution is 7.90. The molecule has 4 heterocycles. The summed E-state index contributed by atoms with van der Waals surface area (Å²) in [6.07, 6.45) is 2.76. The van der Waals surface area contributed by atoms with Crippen molar-refractivity contribution in [3.8, 4) is 10.4 Å². The van der Waals surface area contributed by atoms with Gasteiger partial charge in [0.2, 0.25) is 5.91 Å². The van der Waals surface area contributed by atoms with Crippen LogP contribution >= 0.6 is 11.3 Å². The first kappa shape index (κ1) is 32.7. The van der Waals surface area contributed by atoms with E-state index in [0.29, 0.717) is 52.6 Å². The Morgan fingerprint density at radius 3 is 2.53 bits per heavy atom. The van der Waals surface area contributed by atoms with Gasteiger partial charge in [0.05, 0.1) is 21.0 Å². The number of hydrogen-bond donors (Lipinski definition) is 1. The highest BCUT2D eigenvalue weighted by Crippen LogP contribution is 2.42. The largest absolute Gasteiger partial charge is 0.445 e. The number of anilines is 3. The molecule has 2 aromatic heterocycles. The van der Waals surface area contributed by atoms with Gasteiger partial charge in [-0.3, -0.25) is 19.4 Å². The van der Waals surface area contributed by atoms with Crippen molar-refractivity contribution in [1.29, 1.82) is 0 Å². The van der Waals surface area contributed by atoms with Gasteiger partial charge in [-0.2, -0.15) is 0 Å². The van der Waals surface area contributed by atoms with Gasteiger partial charge in [0, 0.05) is 31.9 Å². The van der Waals surface area contributed by atoms with E-state index in [0.717, 1.165) is 29.5 Å². The van der Waals surface area contributed by atoms with Crippen molar-refractivity contribution in [3.05, 3.63) is 83.0 Å². The van der Waals surface area contributed by atoms with Crippen molar-refractivity contribution in [3.63, 3.8) is 0 Å². The van der Waals surface area contributed by atoms with Gasteiger partial charge in [-0.15, -0.1) is 0 Å². The summed E-state index contributed by atoms with van der Waals surface area (Å²) in [7, 11) is -3.69. The Balaban J connectivity index is 1.06. The minimum Gasteiger partial charge on any atom is -0.445 e. The first-order valence-electron chi connectivity index (χ1n) is 16.1. The molecule has 1 saturated carbocycles. The smallest absolute Gasteiger partial charge is 0.410 e. The molecule has 12 nitrogen and oxygen atoms in total. The molecule has 3 amide bonds. The summed E-state index contributed by atoms with van der Waals surface area (Å²) in [5, 5.41) is 3.77. The van der Waals surface area contributed by atoms with E-state index < -0.39 is 15.9 Å². The lowest BCUT2D eigenvalue weighted by Crippen LogP contribution is -2.52. The van der Waals surface area contributed by atoms with Crippen LogP contribution < -0.4 is 10.2 Å². The summed E-state index contributed by atoms with van der Waals surface area (Å²) in [4.78, 5) is 54.0. The maximum absolute atomic E-state index is 13.4. The van der Waals surface area contributed by atoms with Crippen LogP contribution in [0.25, 0.3) is 10.4 Å². The molecule has 2 aliphatic heterocycles. The summed E-state index contributed by atoms with van der Waals surface area (Å²) < 4.78 is 31.3. The summed E-state index contributed by atoms with van der Waals surface area (Å²) in [6.45, 7) is 4.83. The normalized spacial score (nSPS) is 16.9. The molecule has 1 N–H and O–H groups in total. The lowest BCUT2D eigenvalue weighted by atomic mass is 10.0. The van der Waals surface area contributed by atoms with E-state index in [2.05, 4.69) is 15.3 Å². The molecule has 14 heteroatoms. The van der Waals surface area contributed by atoms with Gasteiger partial charge in [-0.05, 0) is 73.6 Å². The maximum Gasteiger partial charge on any atom is 0.410 e. The lowest BCUT2D eigenvalue weighted by molar-refractivity contribution is -0.121. The molecule has 1 unspecified atom stereocenters. The molecule has 2 fully saturated rings. The van der Waals surface area contributed by atoms with E-state index in [1.54, 1.807) is 29.2 Å². The van der Waals surface area contributed by atoms with Crippen molar-refractivity contribution in [1.82, 2.24) is 19.8 Å². The molecule has 254 valence electrons. The van der Waals surface area contributed by atoms with E-state index >= 15 is 0 Å². The molecule has 49 heavy (non-hydrogen) atoms. The zero-order valence-corrected chi connectivity index (χ0v) is 29.0. The number of amides is 3. The highest BCUT2D eigenvalue weighted by Gasteiger charge is 2.41. The van der Waals surface area contributed by atoms with Gasteiger partial charge < -0.3 is 15.0 Å². The number of rotatable bonds is 9. The zero-order valence-electron chi connectivity index (χ0n) is 27.4. The molecule has 0 spiro atoms. The van der Waals surface area contributed by atoms with Crippen molar-refractivity contribution in [2.75, 3.05) is 36.1 Å². The van der Waals surface area contributed by atoms with Crippen LogP contribution in [0.3, 0.4) is 0 Å². The van der Waals surface area contributed by atoms with Gasteiger partial charge in [-0.25, -0.2) is 23.2 Å². The summed E-state index contributed by atoms with van der Waals surface area (Å²) in [5.74, 6) is 0.865. The topological polar surface area (TPSA) is 142 Å². The Morgan fingerprint density at radius 1 is 1.04 bits per heavy atom. The number of aromatic nitrogens is 2. The van der Waals surface area contributed by atoms with Crippen molar-refractivity contribution in [2.24, 2.45) is 5.92 Å². The summed E-state index contributed by atoms with van der Waals surface area (Å²) >= 11 is 1.35. The number of piperazine rings is 1. The number of thiazole rings is 1. The second-order valence-corrected chi connectivity index (χ2v) is 15.7. The van der Waals surface area contributed by atoms with Crippen LogP contribution in [-0.4, -0.2) is 78.0 Å². The number of carbonyl (C=O) groups is 3. The minimum absolute atomic E-state index is 0.0430. The van der Waals surface area contributed by atoms with Crippen LogP contribution in [-0.2, 0) is 32.5 Å². The van der Waals surface area contributed by atoms with Crippen molar-refractivity contribution in [2.45, 2.75) is 50.8 Å². The Labute approximate surface area is 288 Å². The Hall–Kier alpha value is -4.82. The first-order valence-corrected chi connectivity index (χ1v) is 18.8. The number of pyridine rings is 1. The van der Waals surface area contributed by atoms with Crippen LogP contribution in [0.4, 0.5) is 21.6 Å². The summed E-state index contributed by atoms with van der Waals surface area (Å²) in [6, 6.07) is 18.2. The zero-order chi connectivity index (χ0) is 34.4. The SMILES string of the molecule is Cc1nc(Nc2cccc(N3CCN(C(=O)OCc4ccccc4)CC3=O)n2)sc1-c1cc2c(c(S(C)(=O)=O)c1)C(=O)N(C(C)C1CC1)C2. The summed E-state index contributed by atoms with van der Waals surface area (Å²) in [5.41, 5.74) is 3.23. The van der Waals surface area contributed by atoms with Crippen molar-refractivity contribution < 1.29 is 27.5 Å². The molecule has 1 aliphatic carbocycles. The number of nitrogens with one attached hydrogen (secondary N) is 1. The van der Waals surface area contributed by atoms with Gasteiger partial charge in [-0.1, -0.05) is 47.7 Å². The predicted octanol–water partition coefficient (Wildman–Crippen LogP) is 5.40. The maximum atomic E-state index is 13.4. The van der Waals surface area contributed by atoms with Crippen molar-refractivity contribution >= 4 is 55.8 Å². The number of ether oxygens (including phenoxy) is 1. The Bertz CT molecular complexity index is 2060. The molecule has 7 rings (SSSR count). The number of fused-ring (bicyclic) bond motifs is 1. The second-order valence-electron chi connectivity index (χ2n) is 12.7. The molecule has 2 aromatic carbocycles. The minimum atomic E-state index is -3.69. The van der Waals surface area contributed by atoms with E-state index in [1.807, 2.05) is 50.2 Å². The predicted molar refractivity (Wildman–Crippen MR) is 186 cm³/mol. The Morgan fingerprint density at radius 2 is 1.82 bits per heavy atom. The number of hydrogen-bond acceptors (Lipinski definition) is 10. The van der Waals surface area contributed by atoms with Crippen LogP contribution in [0, 0.1) is 12.8 Å². The van der Waals surface area contributed by atoms with Gasteiger partial charge in [0.25, 0.3) is 5.91 Å². The van der Waals surface area contributed by atoms with E-state index in [4.69, 9.17) is 4.74 Å². The monoisotopic (exact) mass is 700 g/mol. The van der Waals surface area contributed by atoms with Gasteiger partial charge in [0.1, 0.15) is 24.8 Å². The molecule has 0 bridgehead atoms. The van der Waals surface area contributed by atoms with Gasteiger partial charge >= 0.3 is 6.09 Å². The molecule has 1 atom stereocenters. The van der Waals surface area contributed by atoms with Crippen LogP contribution in [0.5, 0.6) is 0 Å². The molecular formula is C35H36N6O6S2. The number of aryl methyl sites for hydroxylation is 1. The second kappa shape index (κ2) is 12.9. The van der Waals surface area contributed by atoms with Crippen LogP contribution in [0.15, 0.2) is 65.6 Å². The number of nitrogens with zero attached hydrogens (tertiary/aromatic N) is 5. The number of carbonyl (C=O) groups excluding carboxylic acids is 3. The van der Waals surface area contributed by atoms with E-state index in [-0.39, 0.29) is 48.0 Å². The van der Waals surface area contributed by atoms with E-state index in [1.165, 1.54) is 21.1 Å². The van der Waals surface area contributed by atoms with Crippen LogP contribution in [0.1, 0.15) is 46.9 Å². The van der Waals surface area contributed by atoms with Gasteiger partial charge in [0.15, 0.2) is 15.0 Å². The third-order valence-electron chi connectivity index (χ3n) is 9.18. The third kappa shape index (κ3) is 6.75. The lowest BCUT2D eigenvalue weighted by Gasteiger charge is -2.33. The number of sulfone groups is 1. The van der Waals surface area contributed by atoms with E-state index in [9.17, 15) is 22.8 Å². The first-order chi connectivity index (χ1) is 23.5. The Kier molecular flexibility index (Phi) is 8.61. The fraction of sp³-hybridized carbons (Fsp3) is 0.343. The molecular weight excluding hydrogens is 665 g/mol. The molecule has 3 aliphatic rings. The fourth-order valence-corrected chi connectivity index (χ4v) is 8.27. The fourth-order valence-electron chi connectivity index (χ4n) is 6.38. The molecule has 0 radical (unpaired) electrons. The highest BCUT2D eigenvalue weighted by atomic mass is 32.2. The average Bonchev–Trinajstić information content (AvgIpc) is 3.80. The number of benzene rings is 2. The van der Waals surface area contributed by atoms with Crippen LogP contribution in [0.2, 0.25) is 0 Å². The average molecular weight is 701 g/mol.